The summed E-state index contributed by atoms with van der Waals surface area (Å²) in [6.45, 7) is 6.42. The minimum atomic E-state index is -0.274. The summed E-state index contributed by atoms with van der Waals surface area (Å²) in [6, 6.07) is 7.46. The fourth-order valence-electron chi connectivity index (χ4n) is 2.05. The average Bonchev–Trinajstić information content (AvgIpc) is 2.58. The number of carbonyl (C=O) groups excluding carboxylic acids is 2. The molecule has 0 atom stereocenters. The number of rotatable bonds is 7. The van der Waals surface area contributed by atoms with Crippen molar-refractivity contribution in [3.63, 3.8) is 0 Å². The molecule has 0 saturated heterocycles. The minimum absolute atomic E-state index is 0.00397. The normalized spacial score (nSPS) is 11.6. The SMILES string of the molecule is CN=C(NCC(=O)NC(C)(C)C)NCc1cccc(OCC(=O)N(C)C)c1. The van der Waals surface area contributed by atoms with Gasteiger partial charge in [0.05, 0.1) is 6.54 Å². The van der Waals surface area contributed by atoms with Crippen LogP contribution < -0.4 is 20.7 Å². The highest BCUT2D eigenvalue weighted by atomic mass is 16.5. The molecule has 0 aromatic heterocycles. The van der Waals surface area contributed by atoms with E-state index in [-0.39, 0.29) is 30.5 Å². The number of nitrogens with zero attached hydrogens (tertiary/aromatic N) is 2. The second-order valence-electron chi connectivity index (χ2n) is 7.30. The molecule has 0 spiro atoms. The second-order valence-corrected chi connectivity index (χ2v) is 7.30. The summed E-state index contributed by atoms with van der Waals surface area (Å²) >= 11 is 0. The molecule has 0 aliphatic rings. The van der Waals surface area contributed by atoms with E-state index in [1.807, 2.05) is 39.0 Å². The lowest BCUT2D eigenvalue weighted by Gasteiger charge is -2.21. The highest BCUT2D eigenvalue weighted by Gasteiger charge is 2.13. The highest BCUT2D eigenvalue weighted by Crippen LogP contribution is 2.13. The first-order valence-corrected chi connectivity index (χ1v) is 8.78. The van der Waals surface area contributed by atoms with E-state index >= 15 is 0 Å². The van der Waals surface area contributed by atoms with Crippen LogP contribution in [0.25, 0.3) is 0 Å². The number of amides is 2. The van der Waals surface area contributed by atoms with Crippen molar-refractivity contribution in [3.05, 3.63) is 29.8 Å². The first-order chi connectivity index (χ1) is 12.6. The van der Waals surface area contributed by atoms with Gasteiger partial charge in [0.15, 0.2) is 12.6 Å². The molecule has 150 valence electrons. The van der Waals surface area contributed by atoms with Crippen LogP contribution in [0.2, 0.25) is 0 Å². The fourth-order valence-corrected chi connectivity index (χ4v) is 2.05. The number of hydrogen-bond donors (Lipinski definition) is 3. The molecule has 0 aliphatic carbocycles. The van der Waals surface area contributed by atoms with Crippen LogP contribution in [0.3, 0.4) is 0 Å². The van der Waals surface area contributed by atoms with Gasteiger partial charge in [0.1, 0.15) is 5.75 Å². The summed E-state index contributed by atoms with van der Waals surface area (Å²) in [4.78, 5) is 29.1. The quantitative estimate of drug-likeness (QED) is 0.481. The Bertz CT molecular complexity index is 666. The molecule has 1 aromatic rings. The van der Waals surface area contributed by atoms with E-state index < -0.39 is 0 Å². The van der Waals surface area contributed by atoms with Gasteiger partial charge in [-0.15, -0.1) is 0 Å². The molecule has 1 aromatic carbocycles. The Balaban J connectivity index is 2.50. The molecule has 0 heterocycles. The molecule has 0 aliphatic heterocycles. The van der Waals surface area contributed by atoms with E-state index in [2.05, 4.69) is 20.9 Å². The van der Waals surface area contributed by atoms with Crippen LogP contribution in [-0.4, -0.2) is 62.5 Å². The van der Waals surface area contributed by atoms with E-state index in [0.29, 0.717) is 18.3 Å². The van der Waals surface area contributed by atoms with Crippen molar-refractivity contribution in [2.24, 2.45) is 4.99 Å². The minimum Gasteiger partial charge on any atom is -0.484 e. The number of carbonyl (C=O) groups is 2. The zero-order chi connectivity index (χ0) is 20.4. The zero-order valence-electron chi connectivity index (χ0n) is 17.0. The summed E-state index contributed by atoms with van der Waals surface area (Å²) in [5.41, 5.74) is 0.691. The van der Waals surface area contributed by atoms with Crippen molar-refractivity contribution in [3.8, 4) is 5.75 Å². The predicted octanol–water partition coefficient (Wildman–Crippen LogP) is 0.733. The maximum Gasteiger partial charge on any atom is 0.259 e. The van der Waals surface area contributed by atoms with Crippen molar-refractivity contribution in [2.75, 3.05) is 34.3 Å². The van der Waals surface area contributed by atoms with Crippen LogP contribution in [0.1, 0.15) is 26.3 Å². The molecule has 0 saturated carbocycles. The molecule has 8 heteroatoms. The molecule has 3 N–H and O–H groups in total. The predicted molar refractivity (Wildman–Crippen MR) is 107 cm³/mol. The van der Waals surface area contributed by atoms with E-state index in [1.165, 1.54) is 4.90 Å². The average molecular weight is 377 g/mol. The molecule has 0 unspecified atom stereocenters. The topological polar surface area (TPSA) is 95.1 Å². The maximum atomic E-state index is 11.9. The molecule has 0 radical (unpaired) electrons. The lowest BCUT2D eigenvalue weighted by molar-refractivity contribution is -0.130. The van der Waals surface area contributed by atoms with Gasteiger partial charge in [-0.05, 0) is 38.5 Å². The van der Waals surface area contributed by atoms with Crippen molar-refractivity contribution in [2.45, 2.75) is 32.9 Å². The second kappa shape index (κ2) is 10.4. The van der Waals surface area contributed by atoms with E-state index in [1.54, 1.807) is 27.2 Å². The number of ether oxygens (including phenoxy) is 1. The number of hydrogen-bond acceptors (Lipinski definition) is 4. The van der Waals surface area contributed by atoms with Gasteiger partial charge < -0.3 is 25.6 Å². The highest BCUT2D eigenvalue weighted by molar-refractivity contribution is 5.86. The van der Waals surface area contributed by atoms with Crippen LogP contribution >= 0.6 is 0 Å². The van der Waals surface area contributed by atoms with Crippen LogP contribution in [0.4, 0.5) is 0 Å². The van der Waals surface area contributed by atoms with Gasteiger partial charge in [0, 0.05) is 33.2 Å². The van der Waals surface area contributed by atoms with Crippen LogP contribution in [-0.2, 0) is 16.1 Å². The Morgan fingerprint density at radius 3 is 2.48 bits per heavy atom. The lowest BCUT2D eigenvalue weighted by Crippen LogP contribution is -2.48. The van der Waals surface area contributed by atoms with Gasteiger partial charge in [-0.3, -0.25) is 14.6 Å². The summed E-state index contributed by atoms with van der Waals surface area (Å²) in [7, 11) is 5.02. The van der Waals surface area contributed by atoms with E-state index in [0.717, 1.165) is 5.56 Å². The Morgan fingerprint density at radius 1 is 1.19 bits per heavy atom. The Labute approximate surface area is 161 Å². The third-order valence-corrected chi connectivity index (χ3v) is 3.37. The third kappa shape index (κ3) is 9.48. The van der Waals surface area contributed by atoms with Crippen LogP contribution in [0, 0.1) is 0 Å². The van der Waals surface area contributed by atoms with E-state index in [4.69, 9.17) is 4.74 Å². The van der Waals surface area contributed by atoms with Crippen LogP contribution in [0.15, 0.2) is 29.3 Å². The van der Waals surface area contributed by atoms with Crippen molar-refractivity contribution >= 4 is 17.8 Å². The van der Waals surface area contributed by atoms with Gasteiger partial charge in [-0.25, -0.2) is 0 Å². The molecule has 2 amide bonds. The first kappa shape index (κ1) is 22.3. The largest absolute Gasteiger partial charge is 0.484 e. The fraction of sp³-hybridized carbons (Fsp3) is 0.526. The maximum absolute atomic E-state index is 11.9. The molecular formula is C19H31N5O3. The standard InChI is InChI=1S/C19H31N5O3/c1-19(2,3)23-16(25)12-22-18(20-4)21-11-14-8-7-9-15(10-14)27-13-17(26)24(5)6/h7-10H,11-13H2,1-6H3,(H,23,25)(H2,20,21,22). The van der Waals surface area contributed by atoms with E-state index in [9.17, 15) is 9.59 Å². The smallest absolute Gasteiger partial charge is 0.259 e. The summed E-state index contributed by atoms with van der Waals surface area (Å²) in [5, 5.41) is 9.00. The van der Waals surface area contributed by atoms with Gasteiger partial charge in [0.2, 0.25) is 5.91 Å². The van der Waals surface area contributed by atoms with Crippen molar-refractivity contribution < 1.29 is 14.3 Å². The Kier molecular flexibility index (Phi) is 8.58. The molecule has 0 bridgehead atoms. The first-order valence-electron chi connectivity index (χ1n) is 8.78. The Morgan fingerprint density at radius 2 is 1.89 bits per heavy atom. The number of benzene rings is 1. The monoisotopic (exact) mass is 377 g/mol. The summed E-state index contributed by atoms with van der Waals surface area (Å²) < 4.78 is 5.51. The Hall–Kier alpha value is -2.77. The van der Waals surface area contributed by atoms with Gasteiger partial charge in [-0.2, -0.15) is 0 Å². The van der Waals surface area contributed by atoms with Gasteiger partial charge >= 0.3 is 0 Å². The summed E-state index contributed by atoms with van der Waals surface area (Å²) in [6.07, 6.45) is 0. The molecule has 8 nitrogen and oxygen atoms in total. The molecular weight excluding hydrogens is 346 g/mol. The molecule has 0 fully saturated rings. The third-order valence-electron chi connectivity index (χ3n) is 3.37. The zero-order valence-corrected chi connectivity index (χ0v) is 17.0. The summed E-state index contributed by atoms with van der Waals surface area (Å²) in [5.74, 6) is 0.938. The van der Waals surface area contributed by atoms with Gasteiger partial charge in [0.25, 0.3) is 5.91 Å². The number of guanidine groups is 1. The van der Waals surface area contributed by atoms with Crippen molar-refractivity contribution in [1.82, 2.24) is 20.9 Å². The lowest BCUT2D eigenvalue weighted by atomic mass is 10.1. The number of aliphatic imine (C=N–C) groups is 1. The number of nitrogens with one attached hydrogen (secondary N) is 3. The van der Waals surface area contributed by atoms with Crippen molar-refractivity contribution in [1.29, 1.82) is 0 Å². The van der Waals surface area contributed by atoms with Crippen LogP contribution in [0.5, 0.6) is 5.75 Å². The molecule has 1 rings (SSSR count). The molecule has 27 heavy (non-hydrogen) atoms. The number of likely N-dealkylation sites (N-methyl/N-ethyl adjacent to an activating group) is 1. The van der Waals surface area contributed by atoms with Gasteiger partial charge in [-0.1, -0.05) is 12.1 Å².